The fourth-order valence-corrected chi connectivity index (χ4v) is 0.630. The molecule has 126 valence electrons. The first-order valence-electron chi connectivity index (χ1n) is 6.53. The second-order valence-corrected chi connectivity index (χ2v) is 3.73. The van der Waals surface area contributed by atoms with Crippen LogP contribution in [0.4, 0.5) is 0 Å². The molecule has 0 aliphatic heterocycles. The Labute approximate surface area is 132 Å². The zero-order valence-corrected chi connectivity index (χ0v) is 14.1. The van der Waals surface area contributed by atoms with Crippen LogP contribution in [0, 0.1) is 0 Å². The van der Waals surface area contributed by atoms with E-state index in [0.717, 1.165) is 6.08 Å². The van der Waals surface area contributed by atoms with Gasteiger partial charge in [-0.2, -0.15) is 0 Å². The predicted molar refractivity (Wildman–Crippen MR) is 85.1 cm³/mol. The summed E-state index contributed by atoms with van der Waals surface area (Å²) in [5.41, 5.74) is 0.884. The molecule has 0 spiro atoms. The largest absolute Gasteiger partial charge is 0.466 e. The van der Waals surface area contributed by atoms with Gasteiger partial charge in [0.05, 0.1) is 20.3 Å². The van der Waals surface area contributed by atoms with Crippen molar-refractivity contribution in [3.8, 4) is 0 Å². The Kier molecular flexibility index (Phi) is 18.7. The first-order chi connectivity index (χ1) is 10.2. The monoisotopic (exact) mass is 314 g/mol. The number of methoxy groups -OCH3 is 1. The van der Waals surface area contributed by atoms with Crippen molar-refractivity contribution in [1.29, 1.82) is 0 Å². The van der Waals surface area contributed by atoms with Crippen LogP contribution in [0.3, 0.4) is 0 Å². The highest BCUT2D eigenvalue weighted by Gasteiger charge is 1.98. The van der Waals surface area contributed by atoms with Crippen molar-refractivity contribution < 1.29 is 28.6 Å². The third-order valence-corrected chi connectivity index (χ3v) is 1.61. The molecule has 22 heavy (non-hydrogen) atoms. The van der Waals surface area contributed by atoms with Gasteiger partial charge in [0.1, 0.15) is 0 Å². The maximum absolute atomic E-state index is 10.4. The second-order valence-electron chi connectivity index (χ2n) is 3.73. The van der Waals surface area contributed by atoms with Gasteiger partial charge in [-0.1, -0.05) is 19.7 Å². The first kappa shape index (κ1) is 24.6. The minimum absolute atomic E-state index is 0.312. The Morgan fingerprint density at radius 1 is 0.909 bits per heavy atom. The lowest BCUT2D eigenvalue weighted by Crippen LogP contribution is -2.03. The molecule has 0 bridgehead atoms. The Morgan fingerprint density at radius 2 is 1.32 bits per heavy atom. The smallest absolute Gasteiger partial charge is 0.333 e. The van der Waals surface area contributed by atoms with Gasteiger partial charge in [-0.25, -0.2) is 14.4 Å². The molecular weight excluding hydrogens is 288 g/mol. The molecule has 0 heterocycles. The zero-order valence-electron chi connectivity index (χ0n) is 14.1. The molecule has 0 radical (unpaired) electrons. The molecule has 0 N–H and O–H groups in total. The summed E-state index contributed by atoms with van der Waals surface area (Å²) < 4.78 is 13.3. The van der Waals surface area contributed by atoms with Crippen LogP contribution < -0.4 is 0 Å². The van der Waals surface area contributed by atoms with Gasteiger partial charge in [0.2, 0.25) is 0 Å². The van der Waals surface area contributed by atoms with Gasteiger partial charge in [-0.05, 0) is 27.7 Å². The van der Waals surface area contributed by atoms with Crippen LogP contribution in [0.1, 0.15) is 27.7 Å². The quantitative estimate of drug-likeness (QED) is 0.441. The summed E-state index contributed by atoms with van der Waals surface area (Å²) in [5.74, 6) is -1.02. The van der Waals surface area contributed by atoms with E-state index in [9.17, 15) is 14.4 Å². The van der Waals surface area contributed by atoms with E-state index < -0.39 is 0 Å². The van der Waals surface area contributed by atoms with E-state index >= 15 is 0 Å². The van der Waals surface area contributed by atoms with Gasteiger partial charge in [0.25, 0.3) is 0 Å². The average molecular weight is 314 g/mol. The van der Waals surface area contributed by atoms with E-state index in [1.165, 1.54) is 7.11 Å². The molecule has 6 nitrogen and oxygen atoms in total. The van der Waals surface area contributed by atoms with Crippen LogP contribution in [0.5, 0.6) is 0 Å². The summed E-state index contributed by atoms with van der Waals surface area (Å²) in [7, 11) is 1.33. The Bertz CT molecular complexity index is 393. The topological polar surface area (TPSA) is 78.9 Å². The Hall–Kier alpha value is -2.37. The number of esters is 3. The van der Waals surface area contributed by atoms with Crippen LogP contribution in [-0.4, -0.2) is 38.2 Å². The van der Waals surface area contributed by atoms with E-state index in [1.807, 2.05) is 0 Å². The summed E-state index contributed by atoms with van der Waals surface area (Å²) in [6.07, 6.45) is 1.14. The Balaban J connectivity index is -0.000000247. The fraction of sp³-hybridized carbons (Fsp3) is 0.438. The number of hydrogen-bond donors (Lipinski definition) is 0. The molecule has 0 aromatic carbocycles. The van der Waals surface area contributed by atoms with E-state index in [-0.39, 0.29) is 17.9 Å². The molecule has 0 aromatic rings. The van der Waals surface area contributed by atoms with E-state index in [4.69, 9.17) is 0 Å². The second kappa shape index (κ2) is 16.7. The summed E-state index contributed by atoms with van der Waals surface area (Å²) >= 11 is 0. The molecule has 0 saturated heterocycles. The first-order valence-corrected chi connectivity index (χ1v) is 6.53. The summed E-state index contributed by atoms with van der Waals surface area (Å²) in [6.45, 7) is 17.5. The van der Waals surface area contributed by atoms with E-state index in [0.29, 0.717) is 24.4 Å². The molecule has 0 aliphatic rings. The number of ether oxygens (including phenoxy) is 3. The highest BCUT2D eigenvalue weighted by molar-refractivity contribution is 5.87. The maximum atomic E-state index is 10.4. The molecule has 0 unspecified atom stereocenters. The van der Waals surface area contributed by atoms with Crippen LogP contribution >= 0.6 is 0 Å². The van der Waals surface area contributed by atoms with Gasteiger partial charge >= 0.3 is 17.9 Å². The minimum atomic E-state index is -0.359. The molecule has 0 rings (SSSR count). The molecule has 6 heteroatoms. The number of carbonyl (C=O) groups excluding carboxylic acids is 3. The fourth-order valence-electron chi connectivity index (χ4n) is 0.630. The summed E-state index contributed by atoms with van der Waals surface area (Å²) in [5, 5.41) is 0. The van der Waals surface area contributed by atoms with Crippen molar-refractivity contribution in [3.63, 3.8) is 0 Å². The van der Waals surface area contributed by atoms with Crippen LogP contribution in [0.2, 0.25) is 0 Å². The third-order valence-electron chi connectivity index (χ3n) is 1.61. The van der Waals surface area contributed by atoms with Gasteiger partial charge in [-0.15, -0.1) is 0 Å². The van der Waals surface area contributed by atoms with Crippen LogP contribution in [0.15, 0.2) is 37.0 Å². The molecule has 0 aromatic heterocycles. The maximum Gasteiger partial charge on any atom is 0.333 e. The molecule has 0 aliphatic carbocycles. The third kappa shape index (κ3) is 20.0. The van der Waals surface area contributed by atoms with E-state index in [2.05, 4.69) is 33.9 Å². The van der Waals surface area contributed by atoms with Crippen LogP contribution in [-0.2, 0) is 28.6 Å². The molecule has 0 amide bonds. The molecule has 0 atom stereocenters. The van der Waals surface area contributed by atoms with Crippen molar-refractivity contribution in [2.24, 2.45) is 0 Å². The van der Waals surface area contributed by atoms with Crippen molar-refractivity contribution in [3.05, 3.63) is 37.0 Å². The van der Waals surface area contributed by atoms with Crippen molar-refractivity contribution in [2.45, 2.75) is 27.7 Å². The molecule has 0 saturated carbocycles. The summed E-state index contributed by atoms with van der Waals surface area (Å²) in [4.78, 5) is 30.7. The lowest BCUT2D eigenvalue weighted by atomic mass is 10.4. The standard InChI is InChI=1S/C6H10O2.2C5H8O2/c1-4-8-6(7)5(2)3;1-4(2)5(6)7-3;1-3-5(6)7-4-2/h2,4H2,1,3H3;1H2,2-3H3;3H,1,4H2,2H3. The predicted octanol–water partition coefficient (Wildman–Crippen LogP) is 2.60. The lowest BCUT2D eigenvalue weighted by Gasteiger charge is -1.96. The molecular formula is C16H26O6. The van der Waals surface area contributed by atoms with Crippen molar-refractivity contribution in [1.82, 2.24) is 0 Å². The van der Waals surface area contributed by atoms with E-state index in [1.54, 1.807) is 27.7 Å². The molecule has 0 fully saturated rings. The highest BCUT2D eigenvalue weighted by Crippen LogP contribution is 1.89. The van der Waals surface area contributed by atoms with Crippen molar-refractivity contribution in [2.75, 3.05) is 20.3 Å². The SMILES string of the molecule is C=C(C)C(=O)OC.C=C(C)C(=O)OCC.C=CC(=O)OCC. The van der Waals surface area contributed by atoms with Crippen molar-refractivity contribution >= 4 is 17.9 Å². The summed E-state index contributed by atoms with van der Waals surface area (Å²) in [6, 6.07) is 0. The average Bonchev–Trinajstić information content (AvgIpc) is 2.47. The van der Waals surface area contributed by atoms with Gasteiger partial charge in [0.15, 0.2) is 0 Å². The zero-order chi connectivity index (χ0) is 18.1. The Morgan fingerprint density at radius 3 is 1.41 bits per heavy atom. The lowest BCUT2D eigenvalue weighted by molar-refractivity contribution is -0.138. The van der Waals surface area contributed by atoms with Crippen LogP contribution in [0.25, 0.3) is 0 Å². The number of carbonyl (C=O) groups is 3. The number of rotatable bonds is 5. The normalized spacial score (nSPS) is 7.86. The van der Waals surface area contributed by atoms with Gasteiger partial charge in [-0.3, -0.25) is 0 Å². The van der Waals surface area contributed by atoms with Gasteiger partial charge < -0.3 is 14.2 Å². The highest BCUT2D eigenvalue weighted by atomic mass is 16.5. The number of hydrogen-bond acceptors (Lipinski definition) is 6. The minimum Gasteiger partial charge on any atom is -0.466 e. The van der Waals surface area contributed by atoms with Gasteiger partial charge in [0, 0.05) is 17.2 Å².